The van der Waals surface area contributed by atoms with Crippen molar-refractivity contribution in [3.05, 3.63) is 45.9 Å². The molecule has 0 aliphatic carbocycles. The molecule has 1 aromatic carbocycles. The minimum Gasteiger partial charge on any atom is -0.383 e. The molecule has 178 valence electrons. The Morgan fingerprint density at radius 3 is 2.55 bits per heavy atom. The molecule has 3 N–H and O–H groups in total. The number of aromatic nitrogens is 4. The molecule has 12 heteroatoms. The Labute approximate surface area is 192 Å². The smallest absolute Gasteiger partial charge is 0.339 e. The third-order valence-corrected chi connectivity index (χ3v) is 6.93. The van der Waals surface area contributed by atoms with Crippen LogP contribution >= 0.6 is 0 Å². The number of fused-ring (bicyclic) bond motifs is 1. The highest BCUT2D eigenvalue weighted by atomic mass is 32.2. The van der Waals surface area contributed by atoms with Crippen LogP contribution in [0.15, 0.2) is 34.2 Å². The first kappa shape index (κ1) is 24.4. The molecule has 0 aliphatic rings. The first-order valence-corrected chi connectivity index (χ1v) is 12.2. The number of nitrogens with one attached hydrogen (secondary N) is 1. The van der Waals surface area contributed by atoms with Crippen molar-refractivity contribution in [2.45, 2.75) is 32.0 Å². The monoisotopic (exact) mass is 475 g/mol. The van der Waals surface area contributed by atoms with E-state index in [1.165, 1.54) is 16.6 Å². The van der Waals surface area contributed by atoms with Crippen LogP contribution in [0.1, 0.15) is 24.5 Å². The van der Waals surface area contributed by atoms with Gasteiger partial charge in [-0.3, -0.25) is 4.57 Å². The van der Waals surface area contributed by atoms with Crippen LogP contribution in [0.25, 0.3) is 11.2 Å². The van der Waals surface area contributed by atoms with E-state index >= 15 is 0 Å². The van der Waals surface area contributed by atoms with Gasteiger partial charge >= 0.3 is 11.7 Å². The van der Waals surface area contributed by atoms with Crippen LogP contribution in [0, 0.1) is 11.7 Å². The summed E-state index contributed by atoms with van der Waals surface area (Å²) in [5.74, 6) is -0.126. The average molecular weight is 476 g/mol. The molecule has 0 unspecified atom stereocenters. The highest BCUT2D eigenvalue weighted by molar-refractivity contribution is 7.92. The van der Waals surface area contributed by atoms with Crippen molar-refractivity contribution in [3.63, 3.8) is 0 Å². The fourth-order valence-electron chi connectivity index (χ4n) is 3.37. The number of imidazole rings is 1. The van der Waals surface area contributed by atoms with Gasteiger partial charge in [-0.15, -0.1) is 0 Å². The quantitative estimate of drug-likeness (QED) is 0.472. The molecule has 33 heavy (non-hydrogen) atoms. The van der Waals surface area contributed by atoms with Gasteiger partial charge in [-0.05, 0) is 18.9 Å². The van der Waals surface area contributed by atoms with Crippen molar-refractivity contribution in [3.8, 4) is 0 Å². The standard InChI is InChI=1S/C21H29N7O4S/c1-5-12-33(23,31)19-24-17(22)16-18(25-19)27(13-15-8-6-14(2)7-9-15)21(30)28(16)20(29)26(3)10-11-32-4/h6-9,23H,5,10-13H2,1-4H3,(H2,22,24,25)/t33-/m1/s1. The number of hydrogen-bond donors (Lipinski definition) is 2. The van der Waals surface area contributed by atoms with Crippen LogP contribution < -0.4 is 11.4 Å². The van der Waals surface area contributed by atoms with Gasteiger partial charge in [0.1, 0.15) is 15.2 Å². The van der Waals surface area contributed by atoms with Crippen LogP contribution in [0.3, 0.4) is 0 Å². The summed E-state index contributed by atoms with van der Waals surface area (Å²) in [5.41, 5.74) is 7.46. The molecule has 3 rings (SSSR count). The minimum atomic E-state index is -3.31. The Morgan fingerprint density at radius 1 is 1.27 bits per heavy atom. The number of nitrogen functional groups attached to an aromatic ring is 1. The van der Waals surface area contributed by atoms with Crippen LogP contribution in [-0.2, 0) is 21.0 Å². The Hall–Kier alpha value is -3.25. The lowest BCUT2D eigenvalue weighted by Gasteiger charge is -2.16. The molecule has 0 spiro atoms. The number of anilines is 1. The first-order valence-electron chi connectivity index (χ1n) is 10.5. The normalized spacial score (nSPS) is 13.2. The van der Waals surface area contributed by atoms with Crippen LogP contribution in [-0.4, -0.2) is 67.3 Å². The van der Waals surface area contributed by atoms with Gasteiger partial charge in [-0.25, -0.2) is 28.1 Å². The third-order valence-electron chi connectivity index (χ3n) is 5.17. The van der Waals surface area contributed by atoms with Crippen LogP contribution in [0.4, 0.5) is 10.6 Å². The lowest BCUT2D eigenvalue weighted by atomic mass is 10.1. The van der Waals surface area contributed by atoms with E-state index in [9.17, 15) is 13.8 Å². The summed E-state index contributed by atoms with van der Waals surface area (Å²) >= 11 is 0. The number of aryl methyl sites for hydroxylation is 1. The minimum absolute atomic E-state index is 0.0248. The number of carbonyl (C=O) groups excluding carboxylic acids is 1. The predicted molar refractivity (Wildman–Crippen MR) is 126 cm³/mol. The molecular weight excluding hydrogens is 446 g/mol. The van der Waals surface area contributed by atoms with Gasteiger partial charge in [0.15, 0.2) is 11.5 Å². The molecular formula is C21H29N7O4S. The fourth-order valence-corrected chi connectivity index (χ4v) is 4.60. The van der Waals surface area contributed by atoms with Crippen molar-refractivity contribution in [2.75, 3.05) is 38.8 Å². The number of carbonyl (C=O) groups is 1. The molecule has 0 saturated heterocycles. The van der Waals surface area contributed by atoms with E-state index in [2.05, 4.69) is 9.97 Å². The number of ether oxygens (including phenoxy) is 1. The molecule has 0 saturated carbocycles. The Balaban J connectivity index is 2.26. The zero-order chi connectivity index (χ0) is 24.3. The maximum absolute atomic E-state index is 13.4. The molecule has 0 radical (unpaired) electrons. The number of amides is 1. The van der Waals surface area contributed by atoms with Gasteiger partial charge in [-0.1, -0.05) is 36.8 Å². The molecule has 11 nitrogen and oxygen atoms in total. The zero-order valence-corrected chi connectivity index (χ0v) is 20.0. The van der Waals surface area contributed by atoms with Gasteiger partial charge < -0.3 is 15.4 Å². The van der Waals surface area contributed by atoms with E-state index < -0.39 is 21.4 Å². The van der Waals surface area contributed by atoms with Gasteiger partial charge in [0, 0.05) is 26.5 Å². The molecule has 1 atom stereocenters. The maximum Gasteiger partial charge on any atom is 0.339 e. The third kappa shape index (κ3) is 4.91. The van der Waals surface area contributed by atoms with Crippen LogP contribution in [0.5, 0.6) is 0 Å². The summed E-state index contributed by atoms with van der Waals surface area (Å²) in [5, 5.41) is -0.246. The number of benzene rings is 1. The number of likely N-dealkylation sites (N-methyl/N-ethyl adjacent to an activating group) is 1. The first-order chi connectivity index (χ1) is 15.6. The molecule has 0 aliphatic heterocycles. The Kier molecular flexibility index (Phi) is 7.18. The summed E-state index contributed by atoms with van der Waals surface area (Å²) in [6.07, 6.45) is 0.490. The second kappa shape index (κ2) is 9.71. The van der Waals surface area contributed by atoms with E-state index in [4.69, 9.17) is 15.3 Å². The molecule has 2 heterocycles. The fraction of sp³-hybridized carbons (Fsp3) is 0.429. The summed E-state index contributed by atoms with van der Waals surface area (Å²) in [6.45, 7) is 4.40. The molecule has 0 fully saturated rings. The van der Waals surface area contributed by atoms with Crippen molar-refractivity contribution in [1.82, 2.24) is 24.0 Å². The van der Waals surface area contributed by atoms with E-state index in [-0.39, 0.29) is 47.6 Å². The maximum atomic E-state index is 13.4. The number of nitrogens with two attached hydrogens (primary N) is 1. The largest absolute Gasteiger partial charge is 0.383 e. The van der Waals surface area contributed by atoms with Crippen LogP contribution in [0.2, 0.25) is 0 Å². The van der Waals surface area contributed by atoms with Crippen molar-refractivity contribution >= 4 is 32.7 Å². The summed E-state index contributed by atoms with van der Waals surface area (Å²) in [7, 11) is -0.255. The molecule has 1 amide bonds. The van der Waals surface area contributed by atoms with Crippen molar-refractivity contribution < 1.29 is 13.7 Å². The van der Waals surface area contributed by atoms with E-state index in [1.807, 2.05) is 31.2 Å². The SMILES string of the molecule is CCC[S@@](=N)(=O)c1nc(N)c2c(n1)n(Cc1ccc(C)cc1)c(=O)n2C(=O)N(C)CCOC. The molecule has 3 aromatic rings. The highest BCUT2D eigenvalue weighted by Gasteiger charge is 2.27. The number of hydrogen-bond acceptors (Lipinski definition) is 8. The van der Waals surface area contributed by atoms with Gasteiger partial charge in [0.05, 0.1) is 13.2 Å². The molecule has 0 bridgehead atoms. The van der Waals surface area contributed by atoms with Crippen molar-refractivity contribution in [2.24, 2.45) is 0 Å². The second-order valence-corrected chi connectivity index (χ2v) is 9.95. The van der Waals surface area contributed by atoms with Crippen molar-refractivity contribution in [1.29, 1.82) is 4.78 Å². The van der Waals surface area contributed by atoms with E-state index in [0.717, 1.165) is 15.7 Å². The van der Waals surface area contributed by atoms with Gasteiger partial charge in [0.25, 0.3) is 0 Å². The zero-order valence-electron chi connectivity index (χ0n) is 19.2. The van der Waals surface area contributed by atoms with Gasteiger partial charge in [0.2, 0.25) is 5.16 Å². The number of methoxy groups -OCH3 is 1. The Morgan fingerprint density at radius 2 is 1.94 bits per heavy atom. The van der Waals surface area contributed by atoms with E-state index in [1.54, 1.807) is 14.0 Å². The predicted octanol–water partition coefficient (Wildman–Crippen LogP) is 1.89. The highest BCUT2D eigenvalue weighted by Crippen LogP contribution is 2.22. The van der Waals surface area contributed by atoms with Gasteiger partial charge in [-0.2, -0.15) is 4.98 Å². The number of rotatable bonds is 8. The lowest BCUT2D eigenvalue weighted by Crippen LogP contribution is -2.39. The average Bonchev–Trinajstić information content (AvgIpc) is 3.05. The lowest BCUT2D eigenvalue weighted by molar-refractivity contribution is 0.160. The topological polar surface area (TPSA) is 149 Å². The Bertz CT molecular complexity index is 1330. The number of nitrogens with zero attached hydrogens (tertiary/aromatic N) is 5. The second-order valence-electron chi connectivity index (χ2n) is 7.83. The molecule has 2 aromatic heterocycles. The van der Waals surface area contributed by atoms with E-state index in [0.29, 0.717) is 6.42 Å². The summed E-state index contributed by atoms with van der Waals surface area (Å²) in [6, 6.07) is 6.94. The summed E-state index contributed by atoms with van der Waals surface area (Å²) < 4.78 is 28.3. The summed E-state index contributed by atoms with van der Waals surface area (Å²) in [4.78, 5) is 36.3.